The summed E-state index contributed by atoms with van der Waals surface area (Å²) in [4.78, 5) is 58.3. The van der Waals surface area contributed by atoms with Crippen LogP contribution in [0.1, 0.15) is 34.5 Å². The van der Waals surface area contributed by atoms with Crippen LogP contribution in [-0.4, -0.2) is 69.4 Å². The third kappa shape index (κ3) is 4.91. The number of hydrogen-bond acceptors (Lipinski definition) is 5. The Morgan fingerprint density at radius 3 is 2.62 bits per heavy atom. The molecule has 0 radical (unpaired) electrons. The number of nitrogens with zero attached hydrogens (tertiary/aromatic N) is 4. The van der Waals surface area contributed by atoms with E-state index in [4.69, 9.17) is 0 Å². The van der Waals surface area contributed by atoms with Crippen LogP contribution in [-0.2, 0) is 18.3 Å². The first-order valence-corrected chi connectivity index (χ1v) is 12.5. The highest BCUT2D eigenvalue weighted by Gasteiger charge is 2.31. The molecule has 2 aromatic carbocycles. The summed E-state index contributed by atoms with van der Waals surface area (Å²) in [7, 11) is 1.67. The maximum Gasteiger partial charge on any atom is 0.322 e. The fourth-order valence-corrected chi connectivity index (χ4v) is 5.15. The number of hydrogen-bond donors (Lipinski definition) is 2. The van der Waals surface area contributed by atoms with Gasteiger partial charge in [-0.2, -0.15) is 0 Å². The van der Waals surface area contributed by atoms with Crippen LogP contribution in [0.25, 0.3) is 11.0 Å². The lowest BCUT2D eigenvalue weighted by molar-refractivity contribution is -0.131. The molecule has 0 bridgehead atoms. The van der Waals surface area contributed by atoms with E-state index >= 15 is 0 Å². The molecule has 3 aromatic rings. The van der Waals surface area contributed by atoms with Gasteiger partial charge in [0.15, 0.2) is 0 Å². The van der Waals surface area contributed by atoms with Crippen molar-refractivity contribution in [2.45, 2.75) is 32.2 Å². The standard InChI is InChI=1S/C27H30N6O4/c1-17-26(36)31(2)23-8-7-19(15-22(23)29-17)25(35)28-16-24(34)32-12-10-20(11-13-32)33-14-9-18-5-3-4-6-21(18)30-27(33)37/h3-8,15,20H,9-14,16H2,1-2H3,(H,28,35)(H,30,37). The first kappa shape index (κ1) is 24.5. The Morgan fingerprint density at radius 1 is 1.08 bits per heavy atom. The summed E-state index contributed by atoms with van der Waals surface area (Å²) in [6.45, 7) is 3.23. The second-order valence-corrected chi connectivity index (χ2v) is 9.59. The Bertz CT molecular complexity index is 1440. The van der Waals surface area contributed by atoms with Gasteiger partial charge in [0.05, 0.1) is 17.6 Å². The first-order chi connectivity index (χ1) is 17.8. The molecule has 1 saturated heterocycles. The third-order valence-corrected chi connectivity index (χ3v) is 7.30. The highest BCUT2D eigenvalue weighted by molar-refractivity contribution is 5.99. The SMILES string of the molecule is Cc1nc2cc(C(=O)NCC(=O)N3CCC(N4CCc5ccccc5NC4=O)CC3)ccc2n(C)c1=O. The van der Waals surface area contributed by atoms with E-state index in [-0.39, 0.29) is 36.0 Å². The number of piperidine rings is 1. The Kier molecular flexibility index (Phi) is 6.64. The Hall–Kier alpha value is -4.21. The van der Waals surface area contributed by atoms with Gasteiger partial charge in [0.25, 0.3) is 11.5 Å². The summed E-state index contributed by atoms with van der Waals surface area (Å²) in [5.74, 6) is -0.532. The minimum absolute atomic E-state index is 0.0671. The maximum atomic E-state index is 12.8. The van der Waals surface area contributed by atoms with Gasteiger partial charge in [-0.15, -0.1) is 0 Å². The van der Waals surface area contributed by atoms with Crippen molar-refractivity contribution in [3.05, 3.63) is 69.6 Å². The summed E-state index contributed by atoms with van der Waals surface area (Å²) in [6.07, 6.45) is 2.18. The van der Waals surface area contributed by atoms with E-state index in [0.29, 0.717) is 54.8 Å². The largest absolute Gasteiger partial charge is 0.343 e. The van der Waals surface area contributed by atoms with Crippen molar-refractivity contribution in [3.63, 3.8) is 0 Å². The van der Waals surface area contributed by atoms with Crippen LogP contribution < -0.4 is 16.2 Å². The van der Waals surface area contributed by atoms with Crippen molar-refractivity contribution >= 4 is 34.6 Å². The number of carbonyl (C=O) groups is 3. The zero-order chi connectivity index (χ0) is 26.1. The van der Waals surface area contributed by atoms with Crippen molar-refractivity contribution in [3.8, 4) is 0 Å². The molecule has 4 amide bonds. The fourth-order valence-electron chi connectivity index (χ4n) is 5.15. The van der Waals surface area contributed by atoms with E-state index in [9.17, 15) is 19.2 Å². The summed E-state index contributed by atoms with van der Waals surface area (Å²) in [5.41, 5.74) is 3.71. The van der Waals surface area contributed by atoms with Gasteiger partial charge in [-0.05, 0) is 56.0 Å². The zero-order valence-corrected chi connectivity index (χ0v) is 21.0. The monoisotopic (exact) mass is 502 g/mol. The molecule has 1 aromatic heterocycles. The average Bonchev–Trinajstić information content (AvgIpc) is 3.08. The van der Waals surface area contributed by atoms with E-state index in [0.717, 1.165) is 17.7 Å². The highest BCUT2D eigenvalue weighted by atomic mass is 16.2. The zero-order valence-electron chi connectivity index (χ0n) is 21.0. The van der Waals surface area contributed by atoms with E-state index in [1.807, 2.05) is 29.2 Å². The second-order valence-electron chi connectivity index (χ2n) is 9.59. The molecule has 10 heteroatoms. The quantitative estimate of drug-likeness (QED) is 0.567. The molecule has 5 rings (SSSR count). The number of carbonyl (C=O) groups excluding carboxylic acids is 3. The van der Waals surface area contributed by atoms with Gasteiger partial charge in [0.1, 0.15) is 5.69 Å². The smallest absolute Gasteiger partial charge is 0.322 e. The van der Waals surface area contributed by atoms with Crippen LogP contribution in [0.15, 0.2) is 47.3 Å². The van der Waals surface area contributed by atoms with Gasteiger partial charge in [0, 0.05) is 44.0 Å². The number of aromatic nitrogens is 2. The molecule has 0 atom stereocenters. The topological polar surface area (TPSA) is 117 Å². The van der Waals surface area contributed by atoms with Crippen molar-refractivity contribution in [2.75, 3.05) is 31.5 Å². The Balaban J connectivity index is 1.15. The van der Waals surface area contributed by atoms with Gasteiger partial charge < -0.3 is 25.0 Å². The fraction of sp³-hybridized carbons (Fsp3) is 0.370. The molecule has 37 heavy (non-hydrogen) atoms. The molecule has 2 aliphatic heterocycles. The summed E-state index contributed by atoms with van der Waals surface area (Å²) >= 11 is 0. The van der Waals surface area contributed by atoms with Crippen molar-refractivity contribution < 1.29 is 14.4 Å². The Morgan fingerprint density at radius 2 is 1.84 bits per heavy atom. The molecular formula is C27H30N6O4. The van der Waals surface area contributed by atoms with Gasteiger partial charge in [0.2, 0.25) is 5.91 Å². The molecule has 192 valence electrons. The molecule has 0 aliphatic carbocycles. The number of likely N-dealkylation sites (tertiary alicyclic amines) is 1. The van der Waals surface area contributed by atoms with Gasteiger partial charge in [-0.3, -0.25) is 14.4 Å². The lowest BCUT2D eigenvalue weighted by Crippen LogP contribution is -2.51. The van der Waals surface area contributed by atoms with Crippen molar-refractivity contribution in [1.82, 2.24) is 24.7 Å². The van der Waals surface area contributed by atoms with Crippen molar-refractivity contribution in [2.24, 2.45) is 7.05 Å². The van der Waals surface area contributed by atoms with E-state index < -0.39 is 0 Å². The number of anilines is 1. The molecule has 0 spiro atoms. The summed E-state index contributed by atoms with van der Waals surface area (Å²) < 4.78 is 1.50. The number of benzene rings is 2. The van der Waals surface area contributed by atoms with Crippen molar-refractivity contribution in [1.29, 1.82) is 0 Å². The van der Waals surface area contributed by atoms with Crippen LogP contribution in [0.3, 0.4) is 0 Å². The average molecular weight is 503 g/mol. The molecule has 2 aliphatic rings. The number of nitrogens with one attached hydrogen (secondary N) is 2. The number of rotatable bonds is 4. The molecule has 2 N–H and O–H groups in total. The number of urea groups is 1. The molecule has 3 heterocycles. The number of para-hydroxylation sites is 1. The second kappa shape index (κ2) is 10.0. The summed E-state index contributed by atoms with van der Waals surface area (Å²) in [5, 5.41) is 5.71. The van der Waals surface area contributed by atoms with Gasteiger partial charge in [-0.1, -0.05) is 18.2 Å². The number of amides is 4. The lowest BCUT2D eigenvalue weighted by atomic mass is 10.0. The predicted octanol–water partition coefficient (Wildman–Crippen LogP) is 2.05. The van der Waals surface area contributed by atoms with Crippen LogP contribution in [0, 0.1) is 6.92 Å². The molecule has 10 nitrogen and oxygen atoms in total. The number of aryl methyl sites for hydroxylation is 2. The molecule has 1 fully saturated rings. The third-order valence-electron chi connectivity index (χ3n) is 7.30. The lowest BCUT2D eigenvalue weighted by Gasteiger charge is -2.38. The van der Waals surface area contributed by atoms with Crippen LogP contribution in [0.4, 0.5) is 10.5 Å². The summed E-state index contributed by atoms with van der Waals surface area (Å²) in [6, 6.07) is 12.7. The van der Waals surface area contributed by atoms with E-state index in [1.165, 1.54) is 4.57 Å². The molecule has 0 unspecified atom stereocenters. The minimum Gasteiger partial charge on any atom is -0.343 e. The predicted molar refractivity (Wildman–Crippen MR) is 140 cm³/mol. The maximum absolute atomic E-state index is 12.8. The molecular weight excluding hydrogens is 472 g/mol. The van der Waals surface area contributed by atoms with E-state index in [1.54, 1.807) is 37.1 Å². The minimum atomic E-state index is -0.376. The van der Waals surface area contributed by atoms with Gasteiger partial charge in [-0.25, -0.2) is 9.78 Å². The van der Waals surface area contributed by atoms with Crippen LogP contribution >= 0.6 is 0 Å². The Labute approximate surface area is 214 Å². The molecule has 0 saturated carbocycles. The highest BCUT2D eigenvalue weighted by Crippen LogP contribution is 2.24. The van der Waals surface area contributed by atoms with Crippen LogP contribution in [0.2, 0.25) is 0 Å². The van der Waals surface area contributed by atoms with Gasteiger partial charge >= 0.3 is 6.03 Å². The normalized spacial score (nSPS) is 16.2. The first-order valence-electron chi connectivity index (χ1n) is 12.5. The van der Waals surface area contributed by atoms with Crippen LogP contribution in [0.5, 0.6) is 0 Å². The van der Waals surface area contributed by atoms with E-state index in [2.05, 4.69) is 15.6 Å². The number of fused-ring (bicyclic) bond motifs is 2.